The van der Waals surface area contributed by atoms with E-state index in [-0.39, 0.29) is 26.0 Å². The fourth-order valence-corrected chi connectivity index (χ4v) is 4.74. The van der Waals surface area contributed by atoms with Crippen LogP contribution >= 0.6 is 11.3 Å². The molecule has 0 spiro atoms. The Bertz CT molecular complexity index is 1150. The number of anilines is 1. The fourth-order valence-electron chi connectivity index (χ4n) is 2.41. The molecule has 0 atom stereocenters. The summed E-state index contributed by atoms with van der Waals surface area (Å²) < 4.78 is 66.7. The van der Waals surface area contributed by atoms with E-state index in [2.05, 4.69) is 9.82 Å². The van der Waals surface area contributed by atoms with E-state index in [0.717, 1.165) is 24.5 Å². The molecule has 154 valence electrons. The van der Waals surface area contributed by atoms with Gasteiger partial charge in [0, 0.05) is 18.3 Å². The lowest BCUT2D eigenvalue weighted by Gasteiger charge is -2.06. The molecule has 29 heavy (non-hydrogen) atoms. The molecule has 3 rings (SSSR count). The fraction of sp³-hybridized carbons (Fsp3) is 0.125. The third-order valence-electron chi connectivity index (χ3n) is 3.77. The van der Waals surface area contributed by atoms with Gasteiger partial charge in [-0.3, -0.25) is 19.4 Å². The largest absolute Gasteiger partial charge is 0.433 e. The quantitative estimate of drug-likeness (QED) is 0.412. The Kier molecular flexibility index (Phi) is 5.38. The number of benzene rings is 1. The van der Waals surface area contributed by atoms with Gasteiger partial charge < -0.3 is 0 Å². The summed E-state index contributed by atoms with van der Waals surface area (Å²) in [6, 6.07) is 8.73. The second-order valence-electron chi connectivity index (χ2n) is 5.78. The number of sulfonamides is 1. The van der Waals surface area contributed by atoms with Gasteiger partial charge in [0.15, 0.2) is 0 Å². The number of halogens is 3. The van der Waals surface area contributed by atoms with Crippen LogP contribution in [0.5, 0.6) is 0 Å². The van der Waals surface area contributed by atoms with Crippen molar-refractivity contribution in [3.63, 3.8) is 0 Å². The molecule has 1 amide bonds. The first-order valence-corrected chi connectivity index (χ1v) is 10.1. The molecule has 13 heteroatoms. The molecule has 0 fully saturated rings. The number of carbonyl (C=O) groups excluding carboxylic acids is 1. The third kappa shape index (κ3) is 4.41. The van der Waals surface area contributed by atoms with Crippen molar-refractivity contribution in [3.8, 4) is 10.6 Å². The van der Waals surface area contributed by atoms with Gasteiger partial charge in [-0.1, -0.05) is 0 Å². The minimum absolute atomic E-state index is 0.00523. The maximum atomic E-state index is 12.9. The van der Waals surface area contributed by atoms with E-state index >= 15 is 0 Å². The first-order valence-electron chi connectivity index (χ1n) is 7.80. The number of amides is 1. The minimum atomic E-state index is -4.58. The Morgan fingerprint density at radius 3 is 2.38 bits per heavy atom. The lowest BCUT2D eigenvalue weighted by Crippen LogP contribution is -2.18. The number of alkyl halides is 3. The van der Waals surface area contributed by atoms with Gasteiger partial charge in [0.25, 0.3) is 15.9 Å². The van der Waals surface area contributed by atoms with Crippen LogP contribution in [0.25, 0.3) is 10.6 Å². The van der Waals surface area contributed by atoms with Crippen LogP contribution in [-0.2, 0) is 23.2 Å². The number of rotatable bonds is 5. The van der Waals surface area contributed by atoms with Gasteiger partial charge in [-0.2, -0.15) is 18.3 Å². The van der Waals surface area contributed by atoms with Crippen molar-refractivity contribution in [2.24, 2.45) is 7.05 Å². The molecule has 0 aliphatic carbocycles. The van der Waals surface area contributed by atoms with Crippen LogP contribution < -0.4 is 10.2 Å². The molecule has 3 aromatic rings. The number of hydrogen-bond donors (Lipinski definition) is 3. The molecule has 3 N–H and O–H groups in total. The van der Waals surface area contributed by atoms with Crippen molar-refractivity contribution < 1.29 is 31.6 Å². The van der Waals surface area contributed by atoms with Crippen molar-refractivity contribution in [1.82, 2.24) is 15.3 Å². The number of aryl methyl sites for hydroxylation is 1. The number of carbonyl (C=O) groups is 1. The summed E-state index contributed by atoms with van der Waals surface area (Å²) in [6.07, 6.45) is -4.58. The highest BCUT2D eigenvalue weighted by atomic mass is 32.2. The van der Waals surface area contributed by atoms with Gasteiger partial charge in [-0.15, -0.1) is 11.3 Å². The van der Waals surface area contributed by atoms with Crippen LogP contribution in [0.1, 0.15) is 16.1 Å². The van der Waals surface area contributed by atoms with Gasteiger partial charge in [0.1, 0.15) is 15.6 Å². The lowest BCUT2D eigenvalue weighted by molar-refractivity contribution is -0.143. The molecule has 2 heterocycles. The Morgan fingerprint density at radius 1 is 1.17 bits per heavy atom. The van der Waals surface area contributed by atoms with Gasteiger partial charge in [0.05, 0.1) is 4.88 Å². The Hall–Kier alpha value is -2.90. The van der Waals surface area contributed by atoms with Crippen LogP contribution in [0, 0.1) is 0 Å². The summed E-state index contributed by atoms with van der Waals surface area (Å²) in [5.41, 5.74) is 0.785. The second-order valence-corrected chi connectivity index (χ2v) is 8.77. The number of nitrogens with zero attached hydrogens (tertiary/aromatic N) is 2. The van der Waals surface area contributed by atoms with E-state index in [1.807, 2.05) is 0 Å². The summed E-state index contributed by atoms with van der Waals surface area (Å²) in [7, 11) is -2.86. The maximum Gasteiger partial charge on any atom is 0.433 e. The molecular formula is C16H13F3N4O4S2. The Morgan fingerprint density at radius 2 is 1.83 bits per heavy atom. The van der Waals surface area contributed by atoms with Crippen LogP contribution in [0.4, 0.5) is 18.9 Å². The molecule has 8 nitrogen and oxygen atoms in total. The molecule has 0 aliphatic heterocycles. The highest BCUT2D eigenvalue weighted by molar-refractivity contribution is 7.94. The zero-order chi connectivity index (χ0) is 21.4. The highest BCUT2D eigenvalue weighted by Gasteiger charge is 2.35. The molecule has 0 saturated heterocycles. The normalized spacial score (nSPS) is 12.0. The van der Waals surface area contributed by atoms with Gasteiger partial charge >= 0.3 is 6.18 Å². The van der Waals surface area contributed by atoms with E-state index in [0.29, 0.717) is 4.68 Å². The first kappa shape index (κ1) is 20.8. The zero-order valence-electron chi connectivity index (χ0n) is 14.6. The van der Waals surface area contributed by atoms with Crippen molar-refractivity contribution in [2.75, 3.05) is 4.72 Å². The van der Waals surface area contributed by atoms with E-state index in [4.69, 9.17) is 5.21 Å². The van der Waals surface area contributed by atoms with Crippen molar-refractivity contribution in [3.05, 3.63) is 53.7 Å². The van der Waals surface area contributed by atoms with E-state index in [1.54, 1.807) is 0 Å². The summed E-state index contributed by atoms with van der Waals surface area (Å²) >= 11 is 0.766. The van der Waals surface area contributed by atoms with Crippen molar-refractivity contribution in [1.29, 1.82) is 0 Å². The average molecular weight is 446 g/mol. The molecule has 0 saturated carbocycles. The second kappa shape index (κ2) is 7.50. The Labute approximate surface area is 166 Å². The number of aromatic nitrogens is 2. The van der Waals surface area contributed by atoms with E-state index < -0.39 is 27.8 Å². The average Bonchev–Trinajstić information content (AvgIpc) is 3.28. The van der Waals surface area contributed by atoms with Gasteiger partial charge in [0.2, 0.25) is 0 Å². The van der Waals surface area contributed by atoms with Gasteiger partial charge in [-0.05, 0) is 42.5 Å². The molecular weight excluding hydrogens is 433 g/mol. The summed E-state index contributed by atoms with van der Waals surface area (Å²) in [6.45, 7) is 0. The highest BCUT2D eigenvalue weighted by Crippen LogP contribution is 2.35. The maximum absolute atomic E-state index is 12.9. The van der Waals surface area contributed by atoms with Crippen molar-refractivity contribution in [2.45, 2.75) is 10.4 Å². The topological polar surface area (TPSA) is 113 Å². The van der Waals surface area contributed by atoms with Crippen LogP contribution in [0.15, 0.2) is 46.7 Å². The third-order valence-corrected chi connectivity index (χ3v) is 6.75. The number of nitrogens with one attached hydrogen (secondary N) is 2. The Balaban J connectivity index is 1.83. The van der Waals surface area contributed by atoms with Gasteiger partial charge in [-0.25, -0.2) is 13.9 Å². The number of hydroxylamine groups is 1. The predicted molar refractivity (Wildman–Crippen MR) is 98.0 cm³/mol. The van der Waals surface area contributed by atoms with Crippen molar-refractivity contribution >= 4 is 33.0 Å². The molecule has 0 bridgehead atoms. The number of thiophene rings is 1. The predicted octanol–water partition coefficient (Wildman–Crippen LogP) is 3.09. The zero-order valence-corrected chi connectivity index (χ0v) is 16.2. The van der Waals surface area contributed by atoms with Crippen LogP contribution in [0.2, 0.25) is 0 Å². The standard InChI is InChI=1S/C16H13F3N4O4S2/c1-23-13(16(17,18)19)8-11(20-23)12-6-7-14(28-12)29(26,27)22-10-4-2-9(3-5-10)15(24)21-25/h2-8,22,25H,1H3,(H,21,24). The van der Waals surface area contributed by atoms with E-state index in [1.165, 1.54) is 41.9 Å². The van der Waals surface area contributed by atoms with Crippen LogP contribution in [-0.4, -0.2) is 29.3 Å². The number of hydrogen-bond acceptors (Lipinski definition) is 6. The summed E-state index contributed by atoms with van der Waals surface area (Å²) in [5.74, 6) is -0.754. The summed E-state index contributed by atoms with van der Waals surface area (Å²) in [5, 5.41) is 12.4. The van der Waals surface area contributed by atoms with Crippen LogP contribution in [0.3, 0.4) is 0 Å². The molecule has 0 radical (unpaired) electrons. The summed E-state index contributed by atoms with van der Waals surface area (Å²) in [4.78, 5) is 11.5. The monoisotopic (exact) mass is 446 g/mol. The molecule has 0 aliphatic rings. The minimum Gasteiger partial charge on any atom is -0.288 e. The molecule has 1 aromatic carbocycles. The van der Waals surface area contributed by atoms with E-state index in [9.17, 15) is 26.4 Å². The molecule has 2 aromatic heterocycles. The smallest absolute Gasteiger partial charge is 0.288 e. The molecule has 0 unspecified atom stereocenters. The SMILES string of the molecule is Cn1nc(-c2ccc(S(=O)(=O)Nc3ccc(C(=O)NO)cc3)s2)cc1C(F)(F)F. The lowest BCUT2D eigenvalue weighted by atomic mass is 10.2. The first-order chi connectivity index (χ1) is 13.5.